The Labute approximate surface area is 120 Å². The van der Waals surface area contributed by atoms with Crippen molar-refractivity contribution in [2.45, 2.75) is 51.6 Å². The van der Waals surface area contributed by atoms with Crippen LogP contribution in [0.3, 0.4) is 0 Å². The Balaban J connectivity index is 2.04. The van der Waals surface area contributed by atoms with Crippen molar-refractivity contribution < 1.29 is 5.11 Å². The number of aromatic nitrogens is 2. The fourth-order valence-electron chi connectivity index (χ4n) is 2.86. The van der Waals surface area contributed by atoms with E-state index < -0.39 is 0 Å². The quantitative estimate of drug-likeness (QED) is 0.893. The second-order valence-electron chi connectivity index (χ2n) is 5.95. The molecule has 0 bridgehead atoms. The number of hydrogen-bond acceptors (Lipinski definition) is 3. The molecule has 0 aromatic carbocycles. The van der Waals surface area contributed by atoms with Gasteiger partial charge >= 0.3 is 0 Å². The van der Waals surface area contributed by atoms with Crippen molar-refractivity contribution in [3.8, 4) is 0 Å². The summed E-state index contributed by atoms with van der Waals surface area (Å²) in [6.07, 6.45) is 4.41. The van der Waals surface area contributed by atoms with Gasteiger partial charge in [-0.2, -0.15) is 5.10 Å². The Morgan fingerprint density at radius 3 is 2.58 bits per heavy atom. The normalized spacial score (nSPS) is 27.7. The Kier molecular flexibility index (Phi) is 4.54. The third-order valence-corrected chi connectivity index (χ3v) is 4.92. The first-order chi connectivity index (χ1) is 8.97. The summed E-state index contributed by atoms with van der Waals surface area (Å²) in [4.78, 5) is 0. The lowest BCUT2D eigenvalue weighted by Crippen LogP contribution is -2.50. The van der Waals surface area contributed by atoms with Gasteiger partial charge in [0.15, 0.2) is 0 Å². The third kappa shape index (κ3) is 3.12. The zero-order valence-corrected chi connectivity index (χ0v) is 12.8. The molecule has 0 unspecified atom stereocenters. The standard InChI is InChI=1S/C14H24ClN3O/c1-10-4-6-14(9-19,7-5-10)16-8-12-11(2)17-18(3)13(12)15/h10,16,19H,4-9H2,1-3H3. The average molecular weight is 286 g/mol. The maximum absolute atomic E-state index is 9.73. The van der Waals surface area contributed by atoms with E-state index in [4.69, 9.17) is 11.6 Å². The number of rotatable bonds is 4. The third-order valence-electron chi connectivity index (χ3n) is 4.44. The Bertz CT molecular complexity index is 436. The summed E-state index contributed by atoms with van der Waals surface area (Å²) in [6, 6.07) is 0. The van der Waals surface area contributed by atoms with Crippen molar-refractivity contribution in [2.75, 3.05) is 6.61 Å². The highest BCUT2D eigenvalue weighted by Crippen LogP contribution is 2.32. The van der Waals surface area contributed by atoms with Crippen LogP contribution in [0, 0.1) is 12.8 Å². The number of nitrogens with zero attached hydrogens (tertiary/aromatic N) is 2. The molecule has 0 radical (unpaired) electrons. The molecule has 5 heteroatoms. The molecule has 1 aromatic heterocycles. The van der Waals surface area contributed by atoms with Crippen LogP contribution < -0.4 is 5.32 Å². The monoisotopic (exact) mass is 285 g/mol. The number of aryl methyl sites for hydroxylation is 2. The predicted octanol–water partition coefficient (Wildman–Crippen LogP) is 2.41. The summed E-state index contributed by atoms with van der Waals surface area (Å²) in [5.74, 6) is 0.769. The molecule has 0 aliphatic heterocycles. The average Bonchev–Trinajstić information content (AvgIpc) is 2.64. The van der Waals surface area contributed by atoms with E-state index in [2.05, 4.69) is 17.3 Å². The van der Waals surface area contributed by atoms with Crippen LogP contribution in [-0.2, 0) is 13.6 Å². The van der Waals surface area contributed by atoms with Gasteiger partial charge in [0, 0.05) is 24.7 Å². The van der Waals surface area contributed by atoms with Gasteiger partial charge in [-0.15, -0.1) is 0 Å². The smallest absolute Gasteiger partial charge is 0.131 e. The van der Waals surface area contributed by atoms with Gasteiger partial charge in [-0.25, -0.2) is 0 Å². The zero-order valence-electron chi connectivity index (χ0n) is 12.0. The molecule has 1 aromatic rings. The fraction of sp³-hybridized carbons (Fsp3) is 0.786. The van der Waals surface area contributed by atoms with Crippen LogP contribution in [0.1, 0.15) is 43.9 Å². The van der Waals surface area contributed by atoms with Gasteiger partial charge in [-0.05, 0) is 38.5 Å². The molecule has 108 valence electrons. The Hall–Kier alpha value is -0.580. The minimum Gasteiger partial charge on any atom is -0.394 e. The Morgan fingerprint density at radius 2 is 2.11 bits per heavy atom. The van der Waals surface area contributed by atoms with E-state index in [0.29, 0.717) is 11.7 Å². The highest BCUT2D eigenvalue weighted by molar-refractivity contribution is 6.30. The van der Waals surface area contributed by atoms with Gasteiger partial charge < -0.3 is 10.4 Å². The molecule has 2 N–H and O–H groups in total. The molecular formula is C14H24ClN3O. The highest BCUT2D eigenvalue weighted by Gasteiger charge is 2.33. The minimum absolute atomic E-state index is 0.141. The van der Waals surface area contributed by atoms with E-state index in [-0.39, 0.29) is 12.1 Å². The first-order valence-corrected chi connectivity index (χ1v) is 7.39. The molecule has 0 saturated heterocycles. The molecule has 1 heterocycles. The Morgan fingerprint density at radius 1 is 1.47 bits per heavy atom. The second-order valence-corrected chi connectivity index (χ2v) is 6.31. The number of aliphatic hydroxyl groups excluding tert-OH is 1. The van der Waals surface area contributed by atoms with E-state index in [9.17, 15) is 5.11 Å². The lowest BCUT2D eigenvalue weighted by atomic mass is 9.77. The van der Waals surface area contributed by atoms with Crippen molar-refractivity contribution in [3.05, 3.63) is 16.4 Å². The van der Waals surface area contributed by atoms with Gasteiger partial charge in [0.25, 0.3) is 0 Å². The number of nitrogens with one attached hydrogen (secondary N) is 1. The van der Waals surface area contributed by atoms with E-state index >= 15 is 0 Å². The first kappa shape index (κ1) is 14.8. The molecular weight excluding hydrogens is 262 g/mol. The van der Waals surface area contributed by atoms with Crippen molar-refractivity contribution in [3.63, 3.8) is 0 Å². The van der Waals surface area contributed by atoms with Crippen LogP contribution in [0.25, 0.3) is 0 Å². The lowest BCUT2D eigenvalue weighted by molar-refractivity contribution is 0.104. The lowest BCUT2D eigenvalue weighted by Gasteiger charge is -2.39. The van der Waals surface area contributed by atoms with Gasteiger partial charge in [0.1, 0.15) is 5.15 Å². The largest absolute Gasteiger partial charge is 0.394 e. The summed E-state index contributed by atoms with van der Waals surface area (Å²) in [5.41, 5.74) is 1.85. The minimum atomic E-state index is -0.141. The van der Waals surface area contributed by atoms with Crippen molar-refractivity contribution in [1.82, 2.24) is 15.1 Å². The summed E-state index contributed by atoms with van der Waals surface area (Å²) in [7, 11) is 1.85. The summed E-state index contributed by atoms with van der Waals surface area (Å²) in [5, 5.41) is 18.3. The molecule has 1 aliphatic rings. The van der Waals surface area contributed by atoms with Crippen molar-refractivity contribution >= 4 is 11.6 Å². The van der Waals surface area contributed by atoms with Crippen molar-refractivity contribution in [2.24, 2.45) is 13.0 Å². The van der Waals surface area contributed by atoms with E-state index in [1.54, 1.807) is 4.68 Å². The first-order valence-electron chi connectivity index (χ1n) is 7.01. The number of hydrogen-bond donors (Lipinski definition) is 2. The van der Waals surface area contributed by atoms with Gasteiger partial charge in [0.05, 0.1) is 12.3 Å². The molecule has 1 fully saturated rings. The van der Waals surface area contributed by atoms with Crippen molar-refractivity contribution in [1.29, 1.82) is 0 Å². The van der Waals surface area contributed by atoms with Crippen LogP contribution >= 0.6 is 11.6 Å². The SMILES string of the molecule is Cc1nn(C)c(Cl)c1CNC1(CO)CCC(C)CC1. The van der Waals surface area contributed by atoms with Crippen LogP contribution in [0.15, 0.2) is 0 Å². The number of aliphatic hydroxyl groups is 1. The predicted molar refractivity (Wildman–Crippen MR) is 77.2 cm³/mol. The van der Waals surface area contributed by atoms with E-state index in [1.165, 1.54) is 12.8 Å². The zero-order chi connectivity index (χ0) is 14.0. The molecule has 0 spiro atoms. The van der Waals surface area contributed by atoms with Crippen LogP contribution in [-0.4, -0.2) is 27.0 Å². The van der Waals surface area contributed by atoms with Crippen LogP contribution in [0.5, 0.6) is 0 Å². The van der Waals surface area contributed by atoms with Gasteiger partial charge in [-0.3, -0.25) is 4.68 Å². The number of halogens is 1. The maximum Gasteiger partial charge on any atom is 0.131 e. The van der Waals surface area contributed by atoms with Gasteiger partial charge in [0.2, 0.25) is 0 Å². The summed E-state index contributed by atoms with van der Waals surface area (Å²) in [6.45, 7) is 5.12. The molecule has 0 atom stereocenters. The van der Waals surface area contributed by atoms with Crippen LogP contribution in [0.4, 0.5) is 0 Å². The maximum atomic E-state index is 9.73. The topological polar surface area (TPSA) is 50.1 Å². The van der Waals surface area contributed by atoms with E-state index in [0.717, 1.165) is 30.0 Å². The molecule has 2 rings (SSSR count). The molecule has 19 heavy (non-hydrogen) atoms. The van der Waals surface area contributed by atoms with Gasteiger partial charge in [-0.1, -0.05) is 18.5 Å². The highest BCUT2D eigenvalue weighted by atomic mass is 35.5. The summed E-state index contributed by atoms with van der Waals surface area (Å²) < 4.78 is 1.70. The summed E-state index contributed by atoms with van der Waals surface area (Å²) >= 11 is 6.24. The molecule has 1 aliphatic carbocycles. The molecule has 1 saturated carbocycles. The fourth-order valence-corrected chi connectivity index (χ4v) is 3.10. The molecule has 0 amide bonds. The molecule has 4 nitrogen and oxygen atoms in total. The van der Waals surface area contributed by atoms with Crippen LogP contribution in [0.2, 0.25) is 5.15 Å². The van der Waals surface area contributed by atoms with E-state index in [1.807, 2.05) is 14.0 Å². The second kappa shape index (κ2) is 5.81.